The summed E-state index contributed by atoms with van der Waals surface area (Å²) in [4.78, 5) is 0.346. The standard InChI is InChI=1S/C15H24N2O3S/c1-11-7-8-14(16)12(2)15(11)21(19,20)17-9-3-5-13(17)6-4-10-18/h7-8,13,18H,3-6,9-10,16H2,1-2H3. The molecule has 0 aliphatic carbocycles. The number of nitrogens with two attached hydrogens (primary N) is 1. The Hall–Kier alpha value is -1.11. The molecular weight excluding hydrogens is 288 g/mol. The van der Waals surface area contributed by atoms with Crippen molar-refractivity contribution < 1.29 is 13.5 Å². The largest absolute Gasteiger partial charge is 0.398 e. The van der Waals surface area contributed by atoms with Crippen LogP contribution in [0.1, 0.15) is 36.8 Å². The molecule has 0 bridgehead atoms. The fourth-order valence-electron chi connectivity index (χ4n) is 3.10. The highest BCUT2D eigenvalue weighted by atomic mass is 32.2. The molecule has 1 aromatic carbocycles. The van der Waals surface area contributed by atoms with Gasteiger partial charge in [-0.1, -0.05) is 6.07 Å². The van der Waals surface area contributed by atoms with Crippen LogP contribution in [0.15, 0.2) is 17.0 Å². The van der Waals surface area contributed by atoms with Gasteiger partial charge in [0.1, 0.15) is 0 Å². The van der Waals surface area contributed by atoms with Gasteiger partial charge < -0.3 is 10.8 Å². The van der Waals surface area contributed by atoms with Crippen LogP contribution in [0, 0.1) is 13.8 Å². The number of sulfonamides is 1. The van der Waals surface area contributed by atoms with Crippen molar-refractivity contribution in [1.29, 1.82) is 0 Å². The molecule has 0 radical (unpaired) electrons. The lowest BCUT2D eigenvalue weighted by Gasteiger charge is -2.26. The van der Waals surface area contributed by atoms with E-state index in [-0.39, 0.29) is 12.6 Å². The smallest absolute Gasteiger partial charge is 0.243 e. The quantitative estimate of drug-likeness (QED) is 0.812. The van der Waals surface area contributed by atoms with Crippen LogP contribution < -0.4 is 5.73 Å². The second kappa shape index (κ2) is 6.34. The first kappa shape index (κ1) is 16.3. The van der Waals surface area contributed by atoms with Crippen molar-refractivity contribution >= 4 is 15.7 Å². The Bertz CT molecular complexity index is 614. The van der Waals surface area contributed by atoms with Crippen LogP contribution in [0.2, 0.25) is 0 Å². The maximum Gasteiger partial charge on any atom is 0.243 e. The number of anilines is 1. The Morgan fingerprint density at radius 1 is 1.38 bits per heavy atom. The molecule has 118 valence electrons. The number of hydrogen-bond donors (Lipinski definition) is 2. The lowest BCUT2D eigenvalue weighted by atomic mass is 10.1. The number of nitrogen functional groups attached to an aromatic ring is 1. The first-order valence-electron chi connectivity index (χ1n) is 7.38. The summed E-state index contributed by atoms with van der Waals surface area (Å²) in [5, 5.41) is 8.97. The van der Waals surface area contributed by atoms with E-state index in [9.17, 15) is 8.42 Å². The molecule has 0 spiro atoms. The first-order chi connectivity index (χ1) is 9.89. The number of nitrogens with zero attached hydrogens (tertiary/aromatic N) is 1. The number of aliphatic hydroxyl groups is 1. The van der Waals surface area contributed by atoms with E-state index in [0.717, 1.165) is 18.4 Å². The fourth-order valence-corrected chi connectivity index (χ4v) is 5.28. The summed E-state index contributed by atoms with van der Waals surface area (Å²) in [5.41, 5.74) is 7.75. The van der Waals surface area contributed by atoms with Crippen molar-refractivity contribution in [3.05, 3.63) is 23.3 Å². The van der Waals surface area contributed by atoms with Crippen LogP contribution in [0.4, 0.5) is 5.69 Å². The van der Waals surface area contributed by atoms with Crippen molar-refractivity contribution in [3.8, 4) is 0 Å². The average Bonchev–Trinajstić information content (AvgIpc) is 2.90. The third-order valence-corrected chi connectivity index (χ3v) is 6.47. The molecule has 1 aromatic rings. The highest BCUT2D eigenvalue weighted by Gasteiger charge is 2.36. The van der Waals surface area contributed by atoms with E-state index >= 15 is 0 Å². The Morgan fingerprint density at radius 3 is 2.76 bits per heavy atom. The molecule has 1 saturated heterocycles. The van der Waals surface area contributed by atoms with Gasteiger partial charge in [0.2, 0.25) is 10.0 Å². The van der Waals surface area contributed by atoms with Crippen molar-refractivity contribution in [2.75, 3.05) is 18.9 Å². The van der Waals surface area contributed by atoms with E-state index in [1.165, 1.54) is 0 Å². The summed E-state index contributed by atoms with van der Waals surface area (Å²) in [7, 11) is -3.53. The van der Waals surface area contributed by atoms with E-state index in [0.29, 0.717) is 35.5 Å². The van der Waals surface area contributed by atoms with Crippen LogP contribution in [-0.4, -0.2) is 37.0 Å². The molecule has 0 amide bonds. The van der Waals surface area contributed by atoms with Gasteiger partial charge in [-0.2, -0.15) is 4.31 Å². The minimum atomic E-state index is -3.53. The predicted molar refractivity (Wildman–Crippen MR) is 83.6 cm³/mol. The molecule has 1 heterocycles. The molecule has 3 N–H and O–H groups in total. The molecular formula is C15H24N2O3S. The molecule has 1 fully saturated rings. The topological polar surface area (TPSA) is 83.6 Å². The summed E-state index contributed by atoms with van der Waals surface area (Å²) in [5.74, 6) is 0. The zero-order valence-electron chi connectivity index (χ0n) is 12.7. The molecule has 1 aliphatic heterocycles. The van der Waals surface area contributed by atoms with Gasteiger partial charge >= 0.3 is 0 Å². The molecule has 0 aromatic heterocycles. The highest BCUT2D eigenvalue weighted by molar-refractivity contribution is 7.89. The van der Waals surface area contributed by atoms with E-state index in [4.69, 9.17) is 10.8 Å². The van der Waals surface area contributed by atoms with Crippen molar-refractivity contribution in [2.24, 2.45) is 0 Å². The Labute approximate surface area is 126 Å². The Kier molecular flexibility index (Phi) is 4.91. The highest BCUT2D eigenvalue weighted by Crippen LogP contribution is 2.33. The molecule has 0 saturated carbocycles. The van der Waals surface area contributed by atoms with Crippen molar-refractivity contribution in [3.63, 3.8) is 0 Å². The lowest BCUT2D eigenvalue weighted by Crippen LogP contribution is -2.36. The normalized spacial score (nSPS) is 20.0. The minimum Gasteiger partial charge on any atom is -0.398 e. The van der Waals surface area contributed by atoms with Gasteiger partial charge in [-0.25, -0.2) is 8.42 Å². The molecule has 21 heavy (non-hydrogen) atoms. The summed E-state index contributed by atoms with van der Waals surface area (Å²) in [6.07, 6.45) is 3.07. The van der Waals surface area contributed by atoms with Gasteiger partial charge in [-0.05, 0) is 56.7 Å². The summed E-state index contributed by atoms with van der Waals surface area (Å²) in [6, 6.07) is 3.49. The van der Waals surface area contributed by atoms with Crippen LogP contribution in [0.5, 0.6) is 0 Å². The molecule has 2 rings (SSSR count). The lowest BCUT2D eigenvalue weighted by molar-refractivity contribution is 0.264. The molecule has 1 atom stereocenters. The van der Waals surface area contributed by atoms with Gasteiger partial charge in [-0.15, -0.1) is 0 Å². The Morgan fingerprint density at radius 2 is 2.10 bits per heavy atom. The van der Waals surface area contributed by atoms with Gasteiger partial charge in [0.05, 0.1) is 4.90 Å². The maximum atomic E-state index is 13.0. The van der Waals surface area contributed by atoms with E-state index < -0.39 is 10.0 Å². The van der Waals surface area contributed by atoms with E-state index in [1.807, 2.05) is 0 Å². The SMILES string of the molecule is Cc1ccc(N)c(C)c1S(=O)(=O)N1CCCC1CCCO. The summed E-state index contributed by atoms with van der Waals surface area (Å²) >= 11 is 0. The van der Waals surface area contributed by atoms with E-state index in [1.54, 1.807) is 30.3 Å². The molecule has 1 unspecified atom stereocenters. The second-order valence-corrected chi connectivity index (χ2v) is 7.53. The third-order valence-electron chi connectivity index (χ3n) is 4.23. The molecule has 5 nitrogen and oxygen atoms in total. The van der Waals surface area contributed by atoms with Gasteiger partial charge in [0, 0.05) is 24.9 Å². The monoisotopic (exact) mass is 312 g/mol. The number of aliphatic hydroxyl groups excluding tert-OH is 1. The number of hydrogen-bond acceptors (Lipinski definition) is 4. The van der Waals surface area contributed by atoms with Gasteiger partial charge in [-0.3, -0.25) is 0 Å². The van der Waals surface area contributed by atoms with Crippen LogP contribution in [-0.2, 0) is 10.0 Å². The Balaban J connectivity index is 2.40. The zero-order valence-corrected chi connectivity index (χ0v) is 13.5. The predicted octanol–water partition coefficient (Wildman–Crippen LogP) is 1.81. The molecule has 1 aliphatic rings. The number of rotatable bonds is 5. The van der Waals surface area contributed by atoms with Crippen LogP contribution >= 0.6 is 0 Å². The fraction of sp³-hybridized carbons (Fsp3) is 0.600. The second-order valence-electron chi connectivity index (χ2n) is 5.70. The van der Waals surface area contributed by atoms with Crippen LogP contribution in [0.25, 0.3) is 0 Å². The number of benzene rings is 1. The average molecular weight is 312 g/mol. The summed E-state index contributed by atoms with van der Waals surface area (Å²) in [6.45, 7) is 4.21. The van der Waals surface area contributed by atoms with Gasteiger partial charge in [0.25, 0.3) is 0 Å². The van der Waals surface area contributed by atoms with E-state index in [2.05, 4.69) is 0 Å². The third kappa shape index (κ3) is 3.07. The minimum absolute atomic E-state index is 0.0117. The zero-order chi connectivity index (χ0) is 15.6. The number of aryl methyl sites for hydroxylation is 1. The maximum absolute atomic E-state index is 13.0. The first-order valence-corrected chi connectivity index (χ1v) is 8.82. The van der Waals surface area contributed by atoms with Crippen molar-refractivity contribution in [2.45, 2.75) is 50.5 Å². The summed E-state index contributed by atoms with van der Waals surface area (Å²) < 4.78 is 27.6. The van der Waals surface area contributed by atoms with Gasteiger partial charge in [0.15, 0.2) is 0 Å². The van der Waals surface area contributed by atoms with Crippen molar-refractivity contribution in [1.82, 2.24) is 4.31 Å². The van der Waals surface area contributed by atoms with Crippen LogP contribution in [0.3, 0.4) is 0 Å². The molecule has 6 heteroatoms.